The normalized spacial score (nSPS) is 13.5. The molecule has 0 aliphatic rings. The van der Waals surface area contributed by atoms with Crippen LogP contribution in [0.5, 0.6) is 0 Å². The summed E-state index contributed by atoms with van der Waals surface area (Å²) in [7, 11) is 1.05. The highest BCUT2D eigenvalue weighted by Crippen LogP contribution is 2.39. The number of thiophene rings is 1. The van der Waals surface area contributed by atoms with Crippen molar-refractivity contribution in [3.05, 3.63) is 34.1 Å². The highest BCUT2D eigenvalue weighted by Gasteiger charge is 2.62. The van der Waals surface area contributed by atoms with Crippen molar-refractivity contribution in [3.8, 4) is 10.4 Å². The Morgan fingerprint density at radius 2 is 1.93 bits per heavy atom. The first-order valence-corrected chi connectivity index (χ1v) is 8.71. The van der Waals surface area contributed by atoms with Crippen molar-refractivity contribution in [1.29, 1.82) is 5.41 Å². The summed E-state index contributed by atoms with van der Waals surface area (Å²) in [5, 5.41) is 13.1. The van der Waals surface area contributed by atoms with Crippen LogP contribution in [0.3, 0.4) is 0 Å². The van der Waals surface area contributed by atoms with E-state index in [9.17, 15) is 30.7 Å². The average Bonchev–Trinajstić information content (AvgIpc) is 3.20. The molecule has 0 amide bonds. The first-order chi connectivity index (χ1) is 13.3. The van der Waals surface area contributed by atoms with Gasteiger partial charge in [0.2, 0.25) is 0 Å². The van der Waals surface area contributed by atoms with E-state index in [1.807, 2.05) is 0 Å². The Hall–Kier alpha value is -2.28. The topological polar surface area (TPSA) is 62.9 Å². The number of aromatic nitrogens is 2. The molecule has 160 valence electrons. The van der Waals surface area contributed by atoms with Crippen LogP contribution in [0.2, 0.25) is 4.34 Å². The quantitative estimate of drug-likeness (QED) is 0.329. The fourth-order valence-corrected chi connectivity index (χ4v) is 3.29. The Morgan fingerprint density at radius 1 is 1.31 bits per heavy atom. The summed E-state index contributed by atoms with van der Waals surface area (Å²) >= 11 is 7.11. The molecular weight excluding hydrogens is 453 g/mol. The number of allylic oxidation sites excluding steroid dienone is 1. The van der Waals surface area contributed by atoms with Crippen molar-refractivity contribution < 1.29 is 35.5 Å². The Labute approximate surface area is 168 Å². The zero-order valence-corrected chi connectivity index (χ0v) is 16.1. The molecule has 2 N–H and O–H groups in total. The van der Waals surface area contributed by atoms with E-state index in [1.54, 1.807) is 13.0 Å². The van der Waals surface area contributed by atoms with Gasteiger partial charge in [0.15, 0.2) is 17.3 Å². The molecular formula is C15H12ClF7N4OS. The van der Waals surface area contributed by atoms with Gasteiger partial charge in [-0.1, -0.05) is 11.6 Å². The minimum absolute atomic E-state index is 0.378. The van der Waals surface area contributed by atoms with Gasteiger partial charge in [-0.3, -0.25) is 5.41 Å². The lowest BCUT2D eigenvalue weighted by atomic mass is 10.1. The van der Waals surface area contributed by atoms with Crippen molar-refractivity contribution in [1.82, 2.24) is 15.1 Å². The molecule has 0 saturated heterocycles. The Morgan fingerprint density at radius 3 is 2.38 bits per heavy atom. The largest absolute Gasteiger partial charge is 0.459 e. The van der Waals surface area contributed by atoms with Gasteiger partial charge in [-0.2, -0.15) is 35.8 Å². The lowest BCUT2D eigenvalue weighted by Crippen LogP contribution is -2.45. The molecule has 0 radical (unpaired) electrons. The van der Waals surface area contributed by atoms with Gasteiger partial charge >= 0.3 is 18.7 Å². The van der Waals surface area contributed by atoms with E-state index < -0.39 is 36.0 Å². The van der Waals surface area contributed by atoms with Gasteiger partial charge in [0, 0.05) is 23.7 Å². The standard InChI is InChI=1S/C15H12ClF7N4OS/c1-6-3-8(29-11(6)16)7-4-26-27(5-7)12(25-2)9(28-13(17)18)10(24)14(19,20)15(21,22)23/h3-5,13,24-25H,1-2H3/b12-9-,24-10?. The molecule has 2 heterocycles. The first-order valence-electron chi connectivity index (χ1n) is 7.51. The van der Waals surface area contributed by atoms with E-state index in [2.05, 4.69) is 15.2 Å². The summed E-state index contributed by atoms with van der Waals surface area (Å²) in [5.41, 5.74) is -1.39. The van der Waals surface area contributed by atoms with E-state index in [0.717, 1.165) is 23.9 Å². The maximum Gasteiger partial charge on any atom is 0.459 e. The predicted molar refractivity (Wildman–Crippen MR) is 93.4 cm³/mol. The van der Waals surface area contributed by atoms with Gasteiger partial charge in [-0.05, 0) is 18.6 Å². The van der Waals surface area contributed by atoms with Gasteiger partial charge in [0.1, 0.15) is 0 Å². The molecule has 0 aliphatic carbocycles. The van der Waals surface area contributed by atoms with Gasteiger partial charge in [0.05, 0.1) is 10.5 Å². The second kappa shape index (κ2) is 8.22. The van der Waals surface area contributed by atoms with Crippen LogP contribution in [0, 0.1) is 12.3 Å². The Kier molecular flexibility index (Phi) is 6.52. The minimum atomic E-state index is -6.19. The molecule has 2 rings (SSSR count). The molecule has 0 atom stereocenters. The van der Waals surface area contributed by atoms with Gasteiger partial charge < -0.3 is 10.1 Å². The van der Waals surface area contributed by atoms with E-state index in [1.165, 1.54) is 12.4 Å². The van der Waals surface area contributed by atoms with Crippen molar-refractivity contribution in [3.63, 3.8) is 0 Å². The second-order valence-electron chi connectivity index (χ2n) is 5.49. The highest BCUT2D eigenvalue weighted by atomic mass is 35.5. The van der Waals surface area contributed by atoms with Crippen LogP contribution in [0.4, 0.5) is 30.7 Å². The number of ether oxygens (including phenoxy) is 1. The van der Waals surface area contributed by atoms with Crippen LogP contribution in [-0.2, 0) is 4.74 Å². The monoisotopic (exact) mass is 464 g/mol. The van der Waals surface area contributed by atoms with E-state index in [-0.39, 0.29) is 0 Å². The fraction of sp³-hybridized carbons (Fsp3) is 0.333. The first kappa shape index (κ1) is 23.0. The highest BCUT2D eigenvalue weighted by molar-refractivity contribution is 7.19. The molecule has 0 unspecified atom stereocenters. The van der Waals surface area contributed by atoms with E-state index in [0.29, 0.717) is 19.5 Å². The SMILES string of the molecule is CN/C(=C(/OC(F)F)C(=N)C(F)(F)C(F)(F)F)n1cc(-c2cc(C)c(Cl)s2)cn1. The van der Waals surface area contributed by atoms with Crippen LogP contribution in [-0.4, -0.2) is 41.3 Å². The van der Waals surface area contributed by atoms with E-state index in [4.69, 9.17) is 17.0 Å². The number of rotatable bonds is 7. The molecule has 14 heteroatoms. The van der Waals surface area contributed by atoms with Crippen LogP contribution < -0.4 is 5.32 Å². The fourth-order valence-electron chi connectivity index (χ4n) is 2.11. The molecule has 0 aliphatic heterocycles. The summed E-state index contributed by atoms with van der Waals surface area (Å²) in [6.07, 6.45) is -3.81. The molecule has 2 aromatic rings. The summed E-state index contributed by atoms with van der Waals surface area (Å²) in [6.45, 7) is -2.05. The maximum absolute atomic E-state index is 13.6. The summed E-state index contributed by atoms with van der Waals surface area (Å²) in [4.78, 5) is 0.584. The van der Waals surface area contributed by atoms with Crippen LogP contribution in [0.15, 0.2) is 24.2 Å². The van der Waals surface area contributed by atoms with Gasteiger partial charge in [-0.15, -0.1) is 11.3 Å². The zero-order valence-electron chi connectivity index (χ0n) is 14.5. The molecule has 0 spiro atoms. The van der Waals surface area contributed by atoms with Gasteiger partial charge in [0.25, 0.3) is 0 Å². The number of alkyl halides is 7. The van der Waals surface area contributed by atoms with Crippen molar-refractivity contribution in [2.45, 2.75) is 25.6 Å². The van der Waals surface area contributed by atoms with Crippen molar-refractivity contribution >= 4 is 34.5 Å². The van der Waals surface area contributed by atoms with Crippen LogP contribution in [0.1, 0.15) is 5.56 Å². The lowest BCUT2D eigenvalue weighted by Gasteiger charge is -2.23. The number of hydrogen-bond donors (Lipinski definition) is 2. The molecule has 2 aromatic heterocycles. The zero-order chi connectivity index (χ0) is 22.1. The second-order valence-corrected chi connectivity index (χ2v) is 7.15. The molecule has 0 bridgehead atoms. The number of aryl methyl sites for hydroxylation is 1. The number of nitrogens with zero attached hydrogens (tertiary/aromatic N) is 2. The molecule has 0 aromatic carbocycles. The molecule has 29 heavy (non-hydrogen) atoms. The average molecular weight is 465 g/mol. The summed E-state index contributed by atoms with van der Waals surface area (Å²) in [6, 6.07) is 1.67. The van der Waals surface area contributed by atoms with Gasteiger partial charge in [-0.25, -0.2) is 4.68 Å². The molecule has 0 fully saturated rings. The van der Waals surface area contributed by atoms with Crippen LogP contribution >= 0.6 is 22.9 Å². The number of nitrogens with one attached hydrogen (secondary N) is 2. The van der Waals surface area contributed by atoms with E-state index >= 15 is 0 Å². The third-order valence-electron chi connectivity index (χ3n) is 3.51. The Balaban J connectivity index is 2.58. The van der Waals surface area contributed by atoms with Crippen molar-refractivity contribution in [2.75, 3.05) is 7.05 Å². The molecule has 0 saturated carbocycles. The third-order valence-corrected chi connectivity index (χ3v) is 5.11. The summed E-state index contributed by atoms with van der Waals surface area (Å²) in [5.74, 6) is -8.27. The Bertz CT molecular complexity index is 916. The van der Waals surface area contributed by atoms with Crippen molar-refractivity contribution in [2.24, 2.45) is 0 Å². The third kappa shape index (κ3) is 4.66. The number of halogens is 8. The minimum Gasteiger partial charge on any atom is -0.429 e. The maximum atomic E-state index is 13.6. The molecule has 5 nitrogen and oxygen atoms in total. The summed E-state index contributed by atoms with van der Waals surface area (Å²) < 4.78 is 95.4. The number of hydrogen-bond acceptors (Lipinski definition) is 5. The predicted octanol–water partition coefficient (Wildman–Crippen LogP) is 5.38. The van der Waals surface area contributed by atoms with Crippen LogP contribution in [0.25, 0.3) is 16.3 Å². The lowest BCUT2D eigenvalue weighted by molar-refractivity contribution is -0.250. The smallest absolute Gasteiger partial charge is 0.429 e.